The number of thiol groups is 1. The minimum Gasteiger partial charge on any atom is -0.508 e. The quantitative estimate of drug-likeness (QED) is 0.573. The number of carboxylic acids is 1. The Morgan fingerprint density at radius 2 is 2.09 bits per heavy atom. The molecule has 0 radical (unpaired) electrons. The molecule has 126 valence electrons. The summed E-state index contributed by atoms with van der Waals surface area (Å²) in [6, 6.07) is 5.73. The van der Waals surface area contributed by atoms with Crippen LogP contribution >= 0.6 is 24.4 Å². The van der Waals surface area contributed by atoms with Crippen LogP contribution in [0.4, 0.5) is 0 Å². The van der Waals surface area contributed by atoms with Crippen molar-refractivity contribution in [2.75, 3.05) is 5.75 Å². The van der Waals surface area contributed by atoms with Gasteiger partial charge < -0.3 is 15.3 Å². The zero-order chi connectivity index (χ0) is 17.1. The van der Waals surface area contributed by atoms with Crippen molar-refractivity contribution in [2.24, 2.45) is 0 Å². The average Bonchev–Trinajstić information content (AvgIpc) is 2.92. The molecule has 1 heterocycles. The van der Waals surface area contributed by atoms with Crippen molar-refractivity contribution in [1.82, 2.24) is 4.90 Å². The predicted molar refractivity (Wildman–Crippen MR) is 90.6 cm³/mol. The molecule has 23 heavy (non-hydrogen) atoms. The number of rotatable bonds is 6. The SMILES string of the molecule is CC(=O)C(S)CC(O)N1[C@@H](c2ccccc2O)SC[C@H]1C(=O)O. The van der Waals surface area contributed by atoms with Gasteiger partial charge in [-0.15, -0.1) is 11.8 Å². The number of aliphatic hydroxyl groups is 1. The number of aliphatic carboxylic acids is 1. The number of phenolic OH excluding ortho intramolecular Hbond substituents is 1. The van der Waals surface area contributed by atoms with Crippen LogP contribution in [-0.2, 0) is 9.59 Å². The molecule has 0 saturated carbocycles. The van der Waals surface area contributed by atoms with Crippen LogP contribution in [0.2, 0.25) is 0 Å². The molecule has 6 nitrogen and oxygen atoms in total. The van der Waals surface area contributed by atoms with Crippen molar-refractivity contribution in [1.29, 1.82) is 0 Å². The molecule has 2 rings (SSSR count). The van der Waals surface area contributed by atoms with E-state index in [1.54, 1.807) is 18.2 Å². The Hall–Kier alpha value is -1.22. The standard InChI is InChI=1S/C15H19NO5S2/c1-8(17)12(22)6-13(19)16-10(15(20)21)7-23-14(16)9-4-2-3-5-11(9)18/h2-5,10,12-14,18-19,22H,6-7H2,1H3,(H,20,21)/t10-,12?,13?,14+/m0/s1. The van der Waals surface area contributed by atoms with Crippen LogP contribution in [0.3, 0.4) is 0 Å². The van der Waals surface area contributed by atoms with Gasteiger partial charge in [0.05, 0.1) is 10.6 Å². The van der Waals surface area contributed by atoms with Crippen molar-refractivity contribution < 1.29 is 24.9 Å². The summed E-state index contributed by atoms with van der Waals surface area (Å²) in [5.74, 6) is -0.914. The number of Topliss-reactive ketones (excluding diaryl/α,β-unsaturated/α-hetero) is 1. The molecule has 0 aliphatic carbocycles. The van der Waals surface area contributed by atoms with Crippen molar-refractivity contribution >= 4 is 36.1 Å². The Labute approximate surface area is 143 Å². The summed E-state index contributed by atoms with van der Waals surface area (Å²) in [5.41, 5.74) is 0.541. The molecule has 1 aromatic carbocycles. The van der Waals surface area contributed by atoms with Gasteiger partial charge in [0.15, 0.2) is 0 Å². The maximum absolute atomic E-state index is 11.5. The van der Waals surface area contributed by atoms with Gasteiger partial charge in [-0.25, -0.2) is 4.90 Å². The minimum atomic E-state index is -1.15. The maximum atomic E-state index is 11.5. The Kier molecular flexibility index (Phi) is 5.96. The molecular formula is C15H19NO5S2. The lowest BCUT2D eigenvalue weighted by Gasteiger charge is -2.33. The summed E-state index contributed by atoms with van der Waals surface area (Å²) in [4.78, 5) is 24.3. The van der Waals surface area contributed by atoms with E-state index in [9.17, 15) is 24.9 Å². The average molecular weight is 357 g/mol. The third kappa shape index (κ3) is 4.00. The number of phenols is 1. The number of carbonyl (C=O) groups excluding carboxylic acids is 1. The number of para-hydroxylation sites is 1. The Bertz CT molecular complexity index is 597. The lowest BCUT2D eigenvalue weighted by Crippen LogP contribution is -2.46. The number of aromatic hydroxyl groups is 1. The van der Waals surface area contributed by atoms with Gasteiger partial charge in [0.25, 0.3) is 0 Å². The number of carbonyl (C=O) groups is 2. The molecule has 1 saturated heterocycles. The Morgan fingerprint density at radius 3 is 2.65 bits per heavy atom. The van der Waals surface area contributed by atoms with Gasteiger partial charge in [-0.1, -0.05) is 18.2 Å². The first kappa shape index (κ1) is 18.1. The van der Waals surface area contributed by atoms with Crippen molar-refractivity contribution in [3.8, 4) is 5.75 Å². The molecule has 1 aliphatic rings. The number of nitrogens with zero attached hydrogens (tertiary/aromatic N) is 1. The number of benzene rings is 1. The fourth-order valence-corrected chi connectivity index (χ4v) is 4.22. The number of carboxylic acid groups (broad SMARTS) is 1. The summed E-state index contributed by atoms with van der Waals surface area (Å²) in [6.07, 6.45) is -1.13. The van der Waals surface area contributed by atoms with Gasteiger partial charge in [-0.05, 0) is 13.0 Å². The van der Waals surface area contributed by atoms with E-state index in [1.807, 2.05) is 0 Å². The van der Waals surface area contributed by atoms with E-state index in [0.29, 0.717) is 5.56 Å². The van der Waals surface area contributed by atoms with E-state index in [1.165, 1.54) is 29.7 Å². The van der Waals surface area contributed by atoms with Gasteiger partial charge in [0, 0.05) is 17.7 Å². The van der Waals surface area contributed by atoms with Crippen molar-refractivity contribution in [2.45, 2.75) is 36.2 Å². The highest BCUT2D eigenvalue weighted by Crippen LogP contribution is 2.45. The van der Waals surface area contributed by atoms with E-state index in [-0.39, 0.29) is 23.7 Å². The van der Waals surface area contributed by atoms with Crippen LogP contribution < -0.4 is 0 Å². The van der Waals surface area contributed by atoms with E-state index in [4.69, 9.17) is 0 Å². The van der Waals surface area contributed by atoms with Gasteiger partial charge in [-0.2, -0.15) is 12.6 Å². The molecule has 1 aromatic rings. The zero-order valence-corrected chi connectivity index (χ0v) is 14.2. The van der Waals surface area contributed by atoms with Crippen LogP contribution in [0.15, 0.2) is 24.3 Å². The van der Waals surface area contributed by atoms with Gasteiger partial charge in [0.1, 0.15) is 23.8 Å². The lowest BCUT2D eigenvalue weighted by molar-refractivity contribution is -0.147. The van der Waals surface area contributed by atoms with Crippen LogP contribution in [-0.4, -0.2) is 55.2 Å². The largest absolute Gasteiger partial charge is 0.508 e. The summed E-state index contributed by atoms with van der Waals surface area (Å²) < 4.78 is 0. The second-order valence-corrected chi connectivity index (χ2v) is 7.13. The van der Waals surface area contributed by atoms with Gasteiger partial charge in [0.2, 0.25) is 0 Å². The second kappa shape index (κ2) is 7.57. The van der Waals surface area contributed by atoms with E-state index >= 15 is 0 Å². The molecule has 4 atom stereocenters. The number of aliphatic hydroxyl groups excluding tert-OH is 1. The number of ketones is 1. The monoisotopic (exact) mass is 357 g/mol. The first-order valence-electron chi connectivity index (χ1n) is 7.09. The van der Waals surface area contributed by atoms with Gasteiger partial charge >= 0.3 is 5.97 Å². The minimum absolute atomic E-state index is 0.0207. The summed E-state index contributed by atoms with van der Waals surface area (Å²) in [6.45, 7) is 1.37. The molecule has 1 aliphatic heterocycles. The van der Waals surface area contributed by atoms with Crippen molar-refractivity contribution in [3.05, 3.63) is 29.8 Å². The second-order valence-electron chi connectivity index (χ2n) is 5.39. The van der Waals surface area contributed by atoms with Crippen LogP contribution in [0.1, 0.15) is 24.3 Å². The maximum Gasteiger partial charge on any atom is 0.321 e. The normalized spacial score (nSPS) is 24.3. The number of hydrogen-bond acceptors (Lipinski definition) is 7. The molecule has 2 unspecified atom stereocenters. The molecule has 3 N–H and O–H groups in total. The van der Waals surface area contributed by atoms with Crippen molar-refractivity contribution in [3.63, 3.8) is 0 Å². The van der Waals surface area contributed by atoms with E-state index < -0.39 is 28.9 Å². The molecular weight excluding hydrogens is 338 g/mol. The highest BCUT2D eigenvalue weighted by Gasteiger charge is 2.44. The molecule has 0 aromatic heterocycles. The summed E-state index contributed by atoms with van der Waals surface area (Å²) >= 11 is 5.47. The molecule has 0 amide bonds. The molecule has 0 bridgehead atoms. The van der Waals surface area contributed by atoms with E-state index in [2.05, 4.69) is 12.6 Å². The highest BCUT2D eigenvalue weighted by molar-refractivity contribution is 7.99. The fourth-order valence-electron chi connectivity index (χ4n) is 2.51. The number of hydrogen-bond donors (Lipinski definition) is 4. The van der Waals surface area contributed by atoms with E-state index in [0.717, 1.165) is 0 Å². The highest BCUT2D eigenvalue weighted by atomic mass is 32.2. The van der Waals surface area contributed by atoms with Crippen LogP contribution in [0.25, 0.3) is 0 Å². The summed E-state index contributed by atoms with van der Waals surface area (Å²) in [7, 11) is 0. The third-order valence-electron chi connectivity index (χ3n) is 3.78. The molecule has 0 spiro atoms. The molecule has 8 heteroatoms. The fraction of sp³-hybridized carbons (Fsp3) is 0.467. The third-order valence-corrected chi connectivity index (χ3v) is 5.67. The lowest BCUT2D eigenvalue weighted by atomic mass is 10.1. The first-order valence-corrected chi connectivity index (χ1v) is 8.65. The molecule has 1 fully saturated rings. The smallest absolute Gasteiger partial charge is 0.321 e. The van der Waals surface area contributed by atoms with Crippen LogP contribution in [0, 0.1) is 0 Å². The Balaban J connectivity index is 2.29. The first-order chi connectivity index (χ1) is 10.8. The predicted octanol–water partition coefficient (Wildman–Crippen LogP) is 1.49. The Morgan fingerprint density at radius 1 is 1.43 bits per heavy atom. The van der Waals surface area contributed by atoms with Gasteiger partial charge in [-0.3, -0.25) is 9.59 Å². The summed E-state index contributed by atoms with van der Waals surface area (Å²) in [5, 5.41) is 28.7. The van der Waals surface area contributed by atoms with Crippen LogP contribution in [0.5, 0.6) is 5.75 Å². The topological polar surface area (TPSA) is 98.1 Å². The zero-order valence-electron chi connectivity index (χ0n) is 12.5. The number of thioether (sulfide) groups is 1.